The highest BCUT2D eigenvalue weighted by Gasteiger charge is 2.30. The molecule has 2 rings (SSSR count). The lowest BCUT2D eigenvalue weighted by Gasteiger charge is -2.31. The van der Waals surface area contributed by atoms with Gasteiger partial charge in [0.25, 0.3) is 0 Å². The number of nitriles is 1. The second-order valence-electron chi connectivity index (χ2n) is 5.78. The molecular formula is C17H23N5S. The predicted octanol–water partition coefficient (Wildman–Crippen LogP) is 3.61. The lowest BCUT2D eigenvalue weighted by atomic mass is 9.87. The summed E-state index contributed by atoms with van der Waals surface area (Å²) >= 11 is 1.52. The number of rotatable bonds is 3. The summed E-state index contributed by atoms with van der Waals surface area (Å²) in [5.74, 6) is 1.84. The van der Waals surface area contributed by atoms with Crippen LogP contribution in [-0.4, -0.2) is 39.7 Å². The van der Waals surface area contributed by atoms with Crippen LogP contribution in [0, 0.1) is 16.7 Å². The van der Waals surface area contributed by atoms with Crippen LogP contribution in [0.3, 0.4) is 0 Å². The number of fused-ring (bicyclic) bond motifs is 1. The molecule has 2 heterocycles. The van der Waals surface area contributed by atoms with Crippen LogP contribution < -0.4 is 0 Å². The van der Waals surface area contributed by atoms with Crippen molar-refractivity contribution < 1.29 is 0 Å². The Morgan fingerprint density at radius 3 is 2.87 bits per heavy atom. The molecule has 0 aliphatic carbocycles. The van der Waals surface area contributed by atoms with E-state index in [0.29, 0.717) is 16.7 Å². The Morgan fingerprint density at radius 1 is 1.48 bits per heavy atom. The third-order valence-corrected chi connectivity index (χ3v) is 5.25. The lowest BCUT2D eigenvalue weighted by molar-refractivity contribution is 0.584. The summed E-state index contributed by atoms with van der Waals surface area (Å²) in [6.45, 7) is 6.33. The van der Waals surface area contributed by atoms with Gasteiger partial charge in [-0.2, -0.15) is 5.26 Å². The number of amidine groups is 2. The van der Waals surface area contributed by atoms with Crippen LogP contribution in [-0.2, 0) is 0 Å². The molecule has 1 aliphatic heterocycles. The van der Waals surface area contributed by atoms with E-state index in [0.717, 1.165) is 29.7 Å². The first-order valence-corrected chi connectivity index (χ1v) is 8.92. The quantitative estimate of drug-likeness (QED) is 0.522. The molecule has 0 saturated heterocycles. The summed E-state index contributed by atoms with van der Waals surface area (Å²) in [4.78, 5) is 10.7. The molecule has 0 amide bonds. The van der Waals surface area contributed by atoms with Crippen LogP contribution in [0.2, 0.25) is 0 Å². The Kier molecular flexibility index (Phi) is 5.78. The van der Waals surface area contributed by atoms with Crippen LogP contribution in [0.25, 0.3) is 0 Å². The molecule has 1 aromatic rings. The van der Waals surface area contributed by atoms with E-state index >= 15 is 0 Å². The average Bonchev–Trinajstić information content (AvgIpc) is 2.56. The van der Waals surface area contributed by atoms with Crippen LogP contribution in [0.5, 0.6) is 0 Å². The smallest absolute Gasteiger partial charge is 0.161 e. The number of nitrogens with one attached hydrogen (secondary N) is 1. The van der Waals surface area contributed by atoms with Crippen LogP contribution in [0.1, 0.15) is 56.4 Å². The van der Waals surface area contributed by atoms with Crippen molar-refractivity contribution >= 4 is 22.8 Å². The van der Waals surface area contributed by atoms with Crippen molar-refractivity contribution in [2.45, 2.75) is 45.6 Å². The Bertz CT molecular complexity index is 661. The molecule has 0 bridgehead atoms. The van der Waals surface area contributed by atoms with Gasteiger partial charge in [0.2, 0.25) is 0 Å². The molecule has 0 radical (unpaired) electrons. The molecule has 1 aliphatic rings. The van der Waals surface area contributed by atoms with Crippen molar-refractivity contribution in [2.75, 3.05) is 12.8 Å². The monoisotopic (exact) mass is 329 g/mol. The summed E-state index contributed by atoms with van der Waals surface area (Å²) in [6, 6.07) is 4.25. The van der Waals surface area contributed by atoms with Crippen molar-refractivity contribution in [3.63, 3.8) is 0 Å². The zero-order chi connectivity index (χ0) is 17.0. The number of hydrogen-bond acceptors (Lipinski definition) is 5. The fourth-order valence-electron chi connectivity index (χ4n) is 2.57. The molecule has 6 heteroatoms. The minimum atomic E-state index is 0.113. The molecule has 1 N–H and O–H groups in total. The summed E-state index contributed by atoms with van der Waals surface area (Å²) in [6.07, 6.45) is 3.89. The molecular weight excluding hydrogens is 306 g/mol. The average molecular weight is 329 g/mol. The minimum Gasteiger partial charge on any atom is -0.309 e. The third-order valence-electron chi connectivity index (χ3n) is 4.21. The lowest BCUT2D eigenvalue weighted by Crippen LogP contribution is -2.37. The van der Waals surface area contributed by atoms with Gasteiger partial charge in [0.1, 0.15) is 11.9 Å². The van der Waals surface area contributed by atoms with Gasteiger partial charge < -0.3 is 4.90 Å². The van der Waals surface area contributed by atoms with Gasteiger partial charge in [-0.15, -0.1) is 0 Å². The minimum absolute atomic E-state index is 0.113. The summed E-state index contributed by atoms with van der Waals surface area (Å²) in [5.41, 5.74) is 2.26. The molecule has 0 aromatic carbocycles. The Hall–Kier alpha value is -1.87. The maximum Gasteiger partial charge on any atom is 0.161 e. The molecule has 0 spiro atoms. The molecule has 122 valence electrons. The summed E-state index contributed by atoms with van der Waals surface area (Å²) < 4.78 is 0. The summed E-state index contributed by atoms with van der Waals surface area (Å²) in [7, 11) is 1.85. The first-order chi connectivity index (χ1) is 11.0. The van der Waals surface area contributed by atoms with Crippen molar-refractivity contribution in [2.24, 2.45) is 4.99 Å². The van der Waals surface area contributed by atoms with Crippen molar-refractivity contribution in [1.82, 2.24) is 9.88 Å². The molecule has 5 nitrogen and oxygen atoms in total. The second-order valence-corrected chi connectivity index (χ2v) is 6.87. The van der Waals surface area contributed by atoms with Crippen LogP contribution in [0.4, 0.5) is 0 Å². The number of pyridine rings is 1. The molecule has 2 atom stereocenters. The van der Waals surface area contributed by atoms with Gasteiger partial charge in [-0.1, -0.05) is 32.0 Å². The molecule has 0 fully saturated rings. The first kappa shape index (κ1) is 17.5. The normalized spacial score (nSPS) is 19.5. The van der Waals surface area contributed by atoms with Gasteiger partial charge in [0, 0.05) is 24.9 Å². The van der Waals surface area contributed by atoms with Crippen LogP contribution in [0.15, 0.2) is 17.3 Å². The van der Waals surface area contributed by atoms with Gasteiger partial charge in [-0.25, -0.2) is 4.98 Å². The van der Waals surface area contributed by atoms with Gasteiger partial charge in [-0.05, 0) is 25.0 Å². The number of hydrogen-bond donors (Lipinski definition) is 1. The van der Waals surface area contributed by atoms with E-state index in [1.54, 1.807) is 11.1 Å². The van der Waals surface area contributed by atoms with Crippen molar-refractivity contribution in [3.05, 3.63) is 29.1 Å². The van der Waals surface area contributed by atoms with E-state index in [-0.39, 0.29) is 12.0 Å². The first-order valence-electron chi connectivity index (χ1n) is 7.93. The second kappa shape index (κ2) is 7.60. The van der Waals surface area contributed by atoms with E-state index in [1.165, 1.54) is 11.8 Å². The topological polar surface area (TPSA) is 76.1 Å². The highest BCUT2D eigenvalue weighted by atomic mass is 32.2. The van der Waals surface area contributed by atoms with Gasteiger partial charge >= 0.3 is 0 Å². The van der Waals surface area contributed by atoms with E-state index in [9.17, 15) is 5.26 Å². The Morgan fingerprint density at radius 2 is 2.22 bits per heavy atom. The van der Waals surface area contributed by atoms with Gasteiger partial charge in [-0.3, -0.25) is 10.4 Å². The Labute approximate surface area is 142 Å². The maximum atomic E-state index is 9.41. The predicted molar refractivity (Wildman–Crippen MR) is 96.2 cm³/mol. The van der Waals surface area contributed by atoms with E-state index in [1.807, 2.05) is 13.1 Å². The molecule has 1 aromatic heterocycles. The number of unbranched alkanes of at least 4 members (excludes halogenated alkanes) is 1. The number of nitrogens with zero attached hydrogens (tertiary/aromatic N) is 4. The zero-order valence-electron chi connectivity index (χ0n) is 14.1. The zero-order valence-corrected chi connectivity index (χ0v) is 14.9. The van der Waals surface area contributed by atoms with Gasteiger partial charge in [0.05, 0.1) is 11.6 Å². The maximum absolute atomic E-state index is 9.41. The SMILES string of the molecule is CCCCSC(=N)N(C)C1=NC(C)C(C)c2ccnc(C#N)c21. The van der Waals surface area contributed by atoms with E-state index in [2.05, 4.69) is 31.8 Å². The fraction of sp³-hybridized carbons (Fsp3) is 0.529. The Balaban J connectivity index is 2.38. The van der Waals surface area contributed by atoms with Gasteiger partial charge in [0.15, 0.2) is 10.9 Å². The number of thioether (sulfide) groups is 1. The summed E-state index contributed by atoms with van der Waals surface area (Å²) in [5, 5.41) is 18.2. The molecule has 23 heavy (non-hydrogen) atoms. The largest absolute Gasteiger partial charge is 0.309 e. The highest BCUT2D eigenvalue weighted by Crippen LogP contribution is 2.32. The van der Waals surface area contributed by atoms with Crippen molar-refractivity contribution in [3.8, 4) is 6.07 Å². The number of aromatic nitrogens is 1. The third kappa shape index (κ3) is 3.56. The standard InChI is InChI=1S/C17H23N5S/c1-5-6-9-23-17(19)22(4)16-15-13(11(2)12(3)21-16)7-8-20-14(15)10-18/h7-8,11-12,19H,5-6,9H2,1-4H3. The van der Waals surface area contributed by atoms with Crippen molar-refractivity contribution in [1.29, 1.82) is 10.7 Å². The highest BCUT2D eigenvalue weighted by molar-refractivity contribution is 8.13. The van der Waals surface area contributed by atoms with E-state index in [4.69, 9.17) is 10.4 Å². The number of aliphatic imine (C=N–C) groups is 1. The van der Waals surface area contributed by atoms with E-state index < -0.39 is 0 Å². The molecule has 2 unspecified atom stereocenters. The fourth-order valence-corrected chi connectivity index (χ4v) is 3.47. The molecule has 0 saturated carbocycles. The van der Waals surface area contributed by atoms with Crippen LogP contribution >= 0.6 is 11.8 Å².